The van der Waals surface area contributed by atoms with E-state index in [4.69, 9.17) is 28.2 Å². The predicted molar refractivity (Wildman–Crippen MR) is 88.7 cm³/mol. The minimum absolute atomic E-state index is 0.594. The number of thiophene rings is 1. The van der Waals surface area contributed by atoms with Gasteiger partial charge in [0.1, 0.15) is 15.8 Å². The molecule has 0 atom stereocenters. The third-order valence-corrected chi connectivity index (χ3v) is 5.51. The molecule has 5 heteroatoms. The van der Waals surface area contributed by atoms with Gasteiger partial charge in [-0.05, 0) is 42.5 Å². The molecule has 0 N–H and O–H groups in total. The van der Waals surface area contributed by atoms with Crippen molar-refractivity contribution in [3.05, 3.63) is 56.3 Å². The highest BCUT2D eigenvalue weighted by Crippen LogP contribution is 2.39. The quantitative estimate of drug-likeness (QED) is 0.611. The second-order valence-electron chi connectivity index (χ2n) is 5.27. The third kappa shape index (κ3) is 2.44. The minimum Gasteiger partial charge on any atom is -0.222 e. The molecule has 0 amide bonds. The molecule has 21 heavy (non-hydrogen) atoms. The third-order valence-electron chi connectivity index (χ3n) is 3.82. The zero-order valence-corrected chi connectivity index (χ0v) is 13.5. The smallest absolute Gasteiger partial charge is 0.141 e. The number of halogens is 2. The Morgan fingerprint density at radius 1 is 1.14 bits per heavy atom. The summed E-state index contributed by atoms with van der Waals surface area (Å²) in [5, 5.41) is 2.40. The fourth-order valence-electron chi connectivity index (χ4n) is 2.90. The number of hydrogen-bond donors (Lipinski definition) is 0. The monoisotopic (exact) mass is 334 g/mol. The van der Waals surface area contributed by atoms with Crippen LogP contribution in [-0.4, -0.2) is 9.97 Å². The molecule has 2 aromatic heterocycles. The number of nitrogens with zero attached hydrogens (tertiary/aromatic N) is 2. The van der Waals surface area contributed by atoms with E-state index >= 15 is 0 Å². The molecular formula is C16H12Cl2N2S. The lowest BCUT2D eigenvalue weighted by Gasteiger charge is -2.03. The highest BCUT2D eigenvalue weighted by atomic mass is 35.5. The van der Waals surface area contributed by atoms with Crippen LogP contribution in [0, 0.1) is 0 Å². The lowest BCUT2D eigenvalue weighted by molar-refractivity contribution is 0.916. The first-order chi connectivity index (χ1) is 10.2. The van der Waals surface area contributed by atoms with E-state index in [1.165, 1.54) is 16.9 Å². The van der Waals surface area contributed by atoms with Gasteiger partial charge >= 0.3 is 0 Å². The molecule has 106 valence electrons. The first kappa shape index (κ1) is 13.5. The Morgan fingerprint density at radius 3 is 2.90 bits per heavy atom. The van der Waals surface area contributed by atoms with E-state index in [2.05, 4.69) is 4.98 Å². The van der Waals surface area contributed by atoms with Crippen molar-refractivity contribution in [1.29, 1.82) is 0 Å². The van der Waals surface area contributed by atoms with Crippen LogP contribution in [-0.2, 0) is 19.3 Å². The Labute approximate surface area is 136 Å². The zero-order chi connectivity index (χ0) is 14.4. The molecule has 0 fully saturated rings. The standard InChI is InChI=1S/C16H12Cl2N2S/c17-10-4-1-3-9(7-10)8-13-19-15(18)14-11-5-2-6-12(11)21-16(14)20-13/h1,3-4,7H,2,5-6,8H2. The summed E-state index contributed by atoms with van der Waals surface area (Å²) in [5.41, 5.74) is 2.47. The molecule has 0 aliphatic heterocycles. The summed E-state index contributed by atoms with van der Waals surface area (Å²) in [6.07, 6.45) is 4.12. The summed E-state index contributed by atoms with van der Waals surface area (Å²) in [6, 6.07) is 7.78. The Morgan fingerprint density at radius 2 is 2.05 bits per heavy atom. The topological polar surface area (TPSA) is 25.8 Å². The van der Waals surface area contributed by atoms with E-state index in [1.54, 1.807) is 11.3 Å². The van der Waals surface area contributed by atoms with Crippen LogP contribution < -0.4 is 0 Å². The molecule has 0 saturated carbocycles. The van der Waals surface area contributed by atoms with Crippen LogP contribution in [0.2, 0.25) is 10.2 Å². The van der Waals surface area contributed by atoms with Crippen LogP contribution in [0.1, 0.15) is 28.2 Å². The highest BCUT2D eigenvalue weighted by molar-refractivity contribution is 7.19. The normalized spacial score (nSPS) is 13.8. The second kappa shape index (κ2) is 5.24. The number of hydrogen-bond acceptors (Lipinski definition) is 3. The van der Waals surface area contributed by atoms with Gasteiger partial charge in [-0.3, -0.25) is 0 Å². The summed E-state index contributed by atoms with van der Waals surface area (Å²) in [7, 11) is 0. The van der Waals surface area contributed by atoms with Gasteiger partial charge in [0, 0.05) is 16.3 Å². The van der Waals surface area contributed by atoms with E-state index in [0.717, 1.165) is 39.5 Å². The molecule has 0 spiro atoms. The van der Waals surface area contributed by atoms with Crippen molar-refractivity contribution in [1.82, 2.24) is 9.97 Å². The Bertz CT molecular complexity index is 842. The van der Waals surface area contributed by atoms with Gasteiger partial charge in [-0.2, -0.15) is 0 Å². The molecular weight excluding hydrogens is 323 g/mol. The number of benzene rings is 1. The maximum Gasteiger partial charge on any atom is 0.141 e. The predicted octanol–water partition coefficient (Wildman–Crippen LogP) is 5.08. The Kier molecular flexibility index (Phi) is 3.37. The van der Waals surface area contributed by atoms with Gasteiger partial charge in [-0.1, -0.05) is 35.3 Å². The molecule has 1 aliphatic carbocycles. The van der Waals surface area contributed by atoms with Gasteiger partial charge in [0.2, 0.25) is 0 Å². The number of aromatic nitrogens is 2. The van der Waals surface area contributed by atoms with E-state index in [-0.39, 0.29) is 0 Å². The average Bonchev–Trinajstić information content (AvgIpc) is 2.98. The van der Waals surface area contributed by atoms with Crippen LogP contribution in [0.3, 0.4) is 0 Å². The van der Waals surface area contributed by atoms with Crippen LogP contribution in [0.15, 0.2) is 24.3 Å². The number of aryl methyl sites for hydroxylation is 2. The van der Waals surface area contributed by atoms with E-state index in [0.29, 0.717) is 11.6 Å². The van der Waals surface area contributed by atoms with Crippen molar-refractivity contribution in [3.8, 4) is 0 Å². The molecule has 1 aromatic carbocycles. The summed E-state index contributed by atoms with van der Waals surface area (Å²) >= 11 is 14.2. The lowest BCUT2D eigenvalue weighted by atomic mass is 10.1. The summed E-state index contributed by atoms with van der Waals surface area (Å²) in [5.74, 6) is 0.759. The summed E-state index contributed by atoms with van der Waals surface area (Å²) in [4.78, 5) is 11.7. The van der Waals surface area contributed by atoms with E-state index < -0.39 is 0 Å². The maximum absolute atomic E-state index is 6.41. The minimum atomic E-state index is 0.594. The van der Waals surface area contributed by atoms with Crippen molar-refractivity contribution < 1.29 is 0 Å². The SMILES string of the molecule is Clc1cccc(Cc2nc(Cl)c3c4c(sc3n2)CCC4)c1. The molecule has 0 bridgehead atoms. The Hall–Kier alpha value is -1.16. The summed E-state index contributed by atoms with van der Waals surface area (Å²) < 4.78 is 0. The number of rotatable bonds is 2. The molecule has 3 aromatic rings. The zero-order valence-electron chi connectivity index (χ0n) is 11.2. The van der Waals surface area contributed by atoms with E-state index in [9.17, 15) is 0 Å². The van der Waals surface area contributed by atoms with Crippen molar-refractivity contribution in [2.75, 3.05) is 0 Å². The first-order valence-electron chi connectivity index (χ1n) is 6.92. The molecule has 0 unspecified atom stereocenters. The van der Waals surface area contributed by atoms with Crippen molar-refractivity contribution >= 4 is 44.8 Å². The van der Waals surface area contributed by atoms with Gasteiger partial charge in [0.05, 0.1) is 5.39 Å². The van der Waals surface area contributed by atoms with Crippen molar-refractivity contribution in [2.45, 2.75) is 25.7 Å². The fourth-order valence-corrected chi connectivity index (χ4v) is 4.75. The van der Waals surface area contributed by atoms with Crippen LogP contribution in [0.25, 0.3) is 10.2 Å². The Balaban J connectivity index is 1.77. The van der Waals surface area contributed by atoms with Gasteiger partial charge in [-0.25, -0.2) is 9.97 Å². The molecule has 2 heterocycles. The number of fused-ring (bicyclic) bond motifs is 3. The van der Waals surface area contributed by atoms with Crippen molar-refractivity contribution in [2.24, 2.45) is 0 Å². The lowest BCUT2D eigenvalue weighted by Crippen LogP contribution is -1.97. The average molecular weight is 335 g/mol. The molecule has 1 aliphatic rings. The second-order valence-corrected chi connectivity index (χ2v) is 7.15. The van der Waals surface area contributed by atoms with Gasteiger partial charge in [-0.15, -0.1) is 11.3 Å². The largest absolute Gasteiger partial charge is 0.222 e. The van der Waals surface area contributed by atoms with E-state index in [1.807, 2.05) is 24.3 Å². The fraction of sp³-hybridized carbons (Fsp3) is 0.250. The molecule has 0 saturated heterocycles. The van der Waals surface area contributed by atoms with Gasteiger partial charge in [0.15, 0.2) is 0 Å². The summed E-state index contributed by atoms with van der Waals surface area (Å²) in [6.45, 7) is 0. The van der Waals surface area contributed by atoms with Gasteiger partial charge < -0.3 is 0 Å². The van der Waals surface area contributed by atoms with Crippen LogP contribution >= 0.6 is 34.5 Å². The molecule has 2 nitrogen and oxygen atoms in total. The van der Waals surface area contributed by atoms with Crippen LogP contribution in [0.5, 0.6) is 0 Å². The molecule has 4 rings (SSSR count). The van der Waals surface area contributed by atoms with Gasteiger partial charge in [0.25, 0.3) is 0 Å². The highest BCUT2D eigenvalue weighted by Gasteiger charge is 2.21. The first-order valence-corrected chi connectivity index (χ1v) is 8.49. The maximum atomic E-state index is 6.41. The van der Waals surface area contributed by atoms with Crippen LogP contribution in [0.4, 0.5) is 0 Å². The molecule has 0 radical (unpaired) electrons. The van der Waals surface area contributed by atoms with Crippen molar-refractivity contribution in [3.63, 3.8) is 0 Å².